The molecule has 0 saturated carbocycles. The van der Waals surface area contributed by atoms with E-state index in [-0.39, 0.29) is 5.41 Å². The quantitative estimate of drug-likeness (QED) is 0.437. The molecule has 0 saturated heterocycles. The van der Waals surface area contributed by atoms with Crippen molar-refractivity contribution in [1.82, 2.24) is 0 Å². The van der Waals surface area contributed by atoms with Gasteiger partial charge in [0.2, 0.25) is 0 Å². The molecule has 0 spiro atoms. The number of phenolic OH excluding ortho intramolecular Hbond substituents is 1. The van der Waals surface area contributed by atoms with Crippen LogP contribution in [0.2, 0.25) is 0 Å². The van der Waals surface area contributed by atoms with E-state index in [1.807, 2.05) is 12.1 Å². The highest BCUT2D eigenvalue weighted by atomic mass is 16.3. The third kappa shape index (κ3) is 4.90. The van der Waals surface area contributed by atoms with Crippen molar-refractivity contribution in [2.75, 3.05) is 0 Å². The second kappa shape index (κ2) is 9.80. The maximum Gasteiger partial charge on any atom is 0.119 e. The van der Waals surface area contributed by atoms with Crippen molar-refractivity contribution in [1.29, 1.82) is 0 Å². The Morgan fingerprint density at radius 2 is 1.42 bits per heavy atom. The summed E-state index contributed by atoms with van der Waals surface area (Å²) in [7, 11) is 0. The van der Waals surface area contributed by atoms with Gasteiger partial charge in [-0.05, 0) is 36.0 Å². The van der Waals surface area contributed by atoms with Crippen LogP contribution in [0, 0.1) is 0 Å². The molecular weight excluding hydrogens is 316 g/mol. The lowest BCUT2D eigenvalue weighted by atomic mass is 9.72. The first-order chi connectivity index (χ1) is 12.5. The van der Waals surface area contributed by atoms with Crippen LogP contribution in [0.1, 0.15) is 95.2 Å². The molecule has 1 nitrogen and oxygen atoms in total. The van der Waals surface area contributed by atoms with Gasteiger partial charge in [-0.25, -0.2) is 0 Å². The van der Waals surface area contributed by atoms with E-state index >= 15 is 0 Å². The third-order valence-electron chi connectivity index (χ3n) is 5.69. The summed E-state index contributed by atoms with van der Waals surface area (Å²) < 4.78 is 0. The summed E-state index contributed by atoms with van der Waals surface area (Å²) >= 11 is 0. The largest absolute Gasteiger partial charge is 0.508 e. The molecule has 2 aromatic rings. The molecule has 0 heterocycles. The summed E-state index contributed by atoms with van der Waals surface area (Å²) in [5.74, 6) is 1.00. The predicted octanol–water partition coefficient (Wildman–Crippen LogP) is 7.57. The SMILES string of the molecule is CCCCCCC(CCC)c1ccccc1C(C)(C)c1ccccc1O. The van der Waals surface area contributed by atoms with Gasteiger partial charge < -0.3 is 5.11 Å². The van der Waals surface area contributed by atoms with Gasteiger partial charge in [-0.15, -0.1) is 0 Å². The smallest absolute Gasteiger partial charge is 0.119 e. The van der Waals surface area contributed by atoms with Gasteiger partial charge in [-0.2, -0.15) is 0 Å². The summed E-state index contributed by atoms with van der Waals surface area (Å²) in [6, 6.07) is 16.7. The fourth-order valence-corrected chi connectivity index (χ4v) is 4.19. The number of hydrogen-bond donors (Lipinski definition) is 1. The second-order valence-electron chi connectivity index (χ2n) is 8.06. The summed E-state index contributed by atoms with van der Waals surface area (Å²) in [5.41, 5.74) is 3.63. The molecule has 0 aliphatic carbocycles. The van der Waals surface area contributed by atoms with Crippen LogP contribution >= 0.6 is 0 Å². The summed E-state index contributed by atoms with van der Waals surface area (Å²) in [6.07, 6.45) is 8.98. The van der Waals surface area contributed by atoms with E-state index < -0.39 is 0 Å². The Hall–Kier alpha value is -1.76. The van der Waals surface area contributed by atoms with Crippen molar-refractivity contribution in [2.24, 2.45) is 0 Å². The molecule has 1 unspecified atom stereocenters. The number of phenols is 1. The molecule has 1 atom stereocenters. The second-order valence-corrected chi connectivity index (χ2v) is 8.06. The highest BCUT2D eigenvalue weighted by Gasteiger charge is 2.29. The average Bonchev–Trinajstić information content (AvgIpc) is 2.64. The zero-order valence-corrected chi connectivity index (χ0v) is 17.1. The van der Waals surface area contributed by atoms with Crippen LogP contribution in [0.4, 0.5) is 0 Å². The molecule has 1 heteroatoms. The lowest BCUT2D eigenvalue weighted by Gasteiger charge is -2.32. The zero-order chi connectivity index (χ0) is 19.0. The normalized spacial score (nSPS) is 12.9. The van der Waals surface area contributed by atoms with Crippen LogP contribution in [0.15, 0.2) is 48.5 Å². The van der Waals surface area contributed by atoms with E-state index in [9.17, 15) is 5.11 Å². The standard InChI is InChI=1S/C25H36O/c1-5-7-8-9-15-20(14-6-2)21-16-10-11-17-22(21)25(3,4)23-18-12-13-19-24(23)26/h10-13,16-20,26H,5-9,14-15H2,1-4H3. The van der Waals surface area contributed by atoms with Gasteiger partial charge in [0.25, 0.3) is 0 Å². The number of benzene rings is 2. The highest BCUT2D eigenvalue weighted by Crippen LogP contribution is 2.41. The Kier molecular flexibility index (Phi) is 7.75. The van der Waals surface area contributed by atoms with Crippen molar-refractivity contribution in [2.45, 2.75) is 84.0 Å². The van der Waals surface area contributed by atoms with Crippen LogP contribution in [0.5, 0.6) is 5.75 Å². The van der Waals surface area contributed by atoms with Crippen molar-refractivity contribution >= 4 is 0 Å². The van der Waals surface area contributed by atoms with Crippen molar-refractivity contribution in [3.05, 3.63) is 65.2 Å². The molecule has 2 rings (SSSR count). The minimum absolute atomic E-state index is 0.211. The lowest BCUT2D eigenvalue weighted by Crippen LogP contribution is -2.22. The Labute approximate surface area is 160 Å². The molecule has 0 aliphatic heterocycles. The molecule has 0 fully saturated rings. The Morgan fingerprint density at radius 3 is 2.08 bits per heavy atom. The van der Waals surface area contributed by atoms with E-state index in [1.165, 1.54) is 56.1 Å². The monoisotopic (exact) mass is 352 g/mol. The van der Waals surface area contributed by atoms with Crippen LogP contribution < -0.4 is 0 Å². The topological polar surface area (TPSA) is 20.2 Å². The minimum Gasteiger partial charge on any atom is -0.508 e. The summed E-state index contributed by atoms with van der Waals surface area (Å²) in [5, 5.41) is 10.4. The third-order valence-corrected chi connectivity index (χ3v) is 5.69. The maximum absolute atomic E-state index is 10.4. The Bertz CT molecular complexity index is 671. The first-order valence-electron chi connectivity index (χ1n) is 10.4. The molecule has 142 valence electrons. The number of hydrogen-bond acceptors (Lipinski definition) is 1. The van der Waals surface area contributed by atoms with Crippen LogP contribution in [-0.2, 0) is 5.41 Å². The van der Waals surface area contributed by atoms with E-state index in [2.05, 4.69) is 58.0 Å². The molecule has 0 aliphatic rings. The average molecular weight is 353 g/mol. The maximum atomic E-state index is 10.4. The van der Waals surface area contributed by atoms with Gasteiger partial charge in [0.05, 0.1) is 0 Å². The van der Waals surface area contributed by atoms with Gasteiger partial charge in [-0.3, -0.25) is 0 Å². The van der Waals surface area contributed by atoms with E-state index in [0.29, 0.717) is 11.7 Å². The van der Waals surface area contributed by atoms with E-state index in [4.69, 9.17) is 0 Å². The van der Waals surface area contributed by atoms with Gasteiger partial charge >= 0.3 is 0 Å². The molecule has 0 aromatic heterocycles. The Morgan fingerprint density at radius 1 is 0.769 bits per heavy atom. The highest BCUT2D eigenvalue weighted by molar-refractivity contribution is 5.48. The summed E-state index contributed by atoms with van der Waals surface area (Å²) in [4.78, 5) is 0. The molecular formula is C25H36O. The summed E-state index contributed by atoms with van der Waals surface area (Å²) in [6.45, 7) is 9.03. The fraction of sp³-hybridized carbons (Fsp3) is 0.520. The van der Waals surface area contributed by atoms with Gasteiger partial charge in [-0.1, -0.05) is 102 Å². The first kappa shape index (κ1) is 20.6. The van der Waals surface area contributed by atoms with Crippen LogP contribution in [-0.4, -0.2) is 5.11 Å². The van der Waals surface area contributed by atoms with Crippen LogP contribution in [0.3, 0.4) is 0 Å². The van der Waals surface area contributed by atoms with Crippen LogP contribution in [0.25, 0.3) is 0 Å². The number of rotatable bonds is 10. The van der Waals surface area contributed by atoms with E-state index in [0.717, 1.165) is 5.56 Å². The Balaban J connectivity index is 2.36. The molecule has 0 bridgehead atoms. The minimum atomic E-state index is -0.211. The van der Waals surface area contributed by atoms with Crippen molar-refractivity contribution in [3.8, 4) is 5.75 Å². The number of aromatic hydroxyl groups is 1. The molecule has 1 N–H and O–H groups in total. The lowest BCUT2D eigenvalue weighted by molar-refractivity contribution is 0.450. The van der Waals surface area contributed by atoms with Gasteiger partial charge in [0.15, 0.2) is 0 Å². The molecule has 0 amide bonds. The zero-order valence-electron chi connectivity index (χ0n) is 17.1. The van der Waals surface area contributed by atoms with Gasteiger partial charge in [0, 0.05) is 11.0 Å². The van der Waals surface area contributed by atoms with Crippen molar-refractivity contribution < 1.29 is 5.11 Å². The number of unbranched alkanes of at least 4 members (excludes halogenated alkanes) is 3. The predicted molar refractivity (Wildman–Crippen MR) is 113 cm³/mol. The van der Waals surface area contributed by atoms with Gasteiger partial charge in [0.1, 0.15) is 5.75 Å². The van der Waals surface area contributed by atoms with E-state index in [1.54, 1.807) is 6.07 Å². The van der Waals surface area contributed by atoms with Crippen molar-refractivity contribution in [3.63, 3.8) is 0 Å². The number of para-hydroxylation sites is 1. The molecule has 0 radical (unpaired) electrons. The molecule has 26 heavy (non-hydrogen) atoms. The molecule has 2 aromatic carbocycles. The first-order valence-corrected chi connectivity index (χ1v) is 10.4. The fourth-order valence-electron chi connectivity index (χ4n) is 4.19.